The summed E-state index contributed by atoms with van der Waals surface area (Å²) in [5, 5.41) is 8.64. The molecule has 0 atom stereocenters. The molecule has 92 valence electrons. The van der Waals surface area contributed by atoms with Crippen molar-refractivity contribution in [1.82, 2.24) is 4.90 Å². The van der Waals surface area contributed by atoms with Crippen LogP contribution in [0.2, 0.25) is 0 Å². The molecule has 1 aromatic rings. The lowest BCUT2D eigenvalue weighted by Crippen LogP contribution is -2.31. The smallest absolute Gasteiger partial charge is 0.0635 e. The molecule has 4 heteroatoms. The zero-order chi connectivity index (χ0) is 12.8. The van der Waals surface area contributed by atoms with Gasteiger partial charge < -0.3 is 5.73 Å². The number of halogens is 1. The molecular formula is C13H18BrN3. The van der Waals surface area contributed by atoms with E-state index in [0.717, 1.165) is 23.2 Å². The van der Waals surface area contributed by atoms with E-state index in [0.29, 0.717) is 12.5 Å². The number of nitriles is 1. The Morgan fingerprint density at radius 1 is 1.47 bits per heavy atom. The molecule has 2 N–H and O–H groups in total. The molecule has 0 saturated heterocycles. The standard InChI is InChI=1S/C13H18BrN3/c1-10(2)17(7-3-6-15)9-11-4-5-12(14)13(16)8-11/h4-5,8,10H,3,7,9,16H2,1-2H3. The number of rotatable bonds is 5. The van der Waals surface area contributed by atoms with Gasteiger partial charge in [0.15, 0.2) is 0 Å². The minimum Gasteiger partial charge on any atom is -0.398 e. The first-order valence-electron chi connectivity index (χ1n) is 5.69. The molecule has 1 rings (SSSR count). The van der Waals surface area contributed by atoms with E-state index in [2.05, 4.69) is 46.8 Å². The maximum Gasteiger partial charge on any atom is 0.0635 e. The minimum absolute atomic E-state index is 0.424. The highest BCUT2D eigenvalue weighted by Crippen LogP contribution is 2.21. The van der Waals surface area contributed by atoms with Crippen LogP contribution in [0.25, 0.3) is 0 Å². The van der Waals surface area contributed by atoms with E-state index in [9.17, 15) is 0 Å². The lowest BCUT2D eigenvalue weighted by molar-refractivity contribution is 0.218. The number of hydrogen-bond donors (Lipinski definition) is 1. The van der Waals surface area contributed by atoms with Crippen molar-refractivity contribution < 1.29 is 0 Å². The Labute approximate surface area is 111 Å². The van der Waals surface area contributed by atoms with Crippen LogP contribution in [0.15, 0.2) is 22.7 Å². The van der Waals surface area contributed by atoms with Crippen LogP contribution in [0.4, 0.5) is 5.69 Å². The third-order valence-corrected chi connectivity index (χ3v) is 3.41. The molecule has 0 unspecified atom stereocenters. The average molecular weight is 296 g/mol. The highest BCUT2D eigenvalue weighted by Gasteiger charge is 2.10. The molecule has 17 heavy (non-hydrogen) atoms. The van der Waals surface area contributed by atoms with Gasteiger partial charge in [0, 0.05) is 35.7 Å². The molecule has 0 bridgehead atoms. The summed E-state index contributed by atoms with van der Waals surface area (Å²) in [6.45, 7) is 5.90. The summed E-state index contributed by atoms with van der Waals surface area (Å²) < 4.78 is 0.925. The van der Waals surface area contributed by atoms with E-state index >= 15 is 0 Å². The molecule has 1 aromatic carbocycles. The SMILES string of the molecule is CC(C)N(CCC#N)Cc1ccc(Br)c(N)c1. The number of benzene rings is 1. The van der Waals surface area contributed by atoms with Crippen molar-refractivity contribution in [1.29, 1.82) is 5.26 Å². The van der Waals surface area contributed by atoms with Gasteiger partial charge in [0.1, 0.15) is 0 Å². The Balaban J connectivity index is 2.72. The van der Waals surface area contributed by atoms with Gasteiger partial charge in [0.2, 0.25) is 0 Å². The number of hydrogen-bond acceptors (Lipinski definition) is 3. The second kappa shape index (κ2) is 6.63. The normalized spacial score (nSPS) is 10.8. The van der Waals surface area contributed by atoms with Crippen molar-refractivity contribution in [3.63, 3.8) is 0 Å². The van der Waals surface area contributed by atoms with Crippen LogP contribution in [0.5, 0.6) is 0 Å². The molecule has 0 aliphatic heterocycles. The predicted octanol–water partition coefficient (Wildman–Crippen LogP) is 3.16. The maximum absolute atomic E-state index is 8.64. The van der Waals surface area contributed by atoms with E-state index in [1.807, 2.05) is 12.1 Å². The average Bonchev–Trinajstić information content (AvgIpc) is 2.28. The molecule has 0 radical (unpaired) electrons. The Morgan fingerprint density at radius 3 is 2.71 bits per heavy atom. The van der Waals surface area contributed by atoms with Gasteiger partial charge in [-0.3, -0.25) is 4.90 Å². The van der Waals surface area contributed by atoms with Crippen LogP contribution in [0.3, 0.4) is 0 Å². The molecular weight excluding hydrogens is 278 g/mol. The summed E-state index contributed by atoms with van der Waals surface area (Å²) in [4.78, 5) is 2.27. The molecule has 0 aromatic heterocycles. The van der Waals surface area contributed by atoms with Crippen molar-refractivity contribution in [3.05, 3.63) is 28.2 Å². The fraction of sp³-hybridized carbons (Fsp3) is 0.462. The molecule has 3 nitrogen and oxygen atoms in total. The lowest BCUT2D eigenvalue weighted by atomic mass is 10.1. The molecule has 0 heterocycles. The monoisotopic (exact) mass is 295 g/mol. The largest absolute Gasteiger partial charge is 0.398 e. The van der Waals surface area contributed by atoms with Crippen LogP contribution >= 0.6 is 15.9 Å². The van der Waals surface area contributed by atoms with Crippen molar-refractivity contribution in [2.75, 3.05) is 12.3 Å². The van der Waals surface area contributed by atoms with Crippen LogP contribution in [-0.4, -0.2) is 17.5 Å². The molecule has 0 spiro atoms. The Hall–Kier alpha value is -1.05. The molecule has 0 aliphatic rings. The summed E-state index contributed by atoms with van der Waals surface area (Å²) in [7, 11) is 0. The molecule has 0 amide bonds. The van der Waals surface area contributed by atoms with Gasteiger partial charge in [0.25, 0.3) is 0 Å². The second-order valence-electron chi connectivity index (χ2n) is 4.33. The van der Waals surface area contributed by atoms with Gasteiger partial charge in [0.05, 0.1) is 6.07 Å². The van der Waals surface area contributed by atoms with Crippen molar-refractivity contribution in [2.24, 2.45) is 0 Å². The molecule has 0 aliphatic carbocycles. The molecule has 0 saturated carbocycles. The second-order valence-corrected chi connectivity index (χ2v) is 5.18. The Kier molecular flexibility index (Phi) is 5.46. The minimum atomic E-state index is 0.424. The van der Waals surface area contributed by atoms with Gasteiger partial charge in [-0.25, -0.2) is 0 Å². The predicted molar refractivity (Wildman–Crippen MR) is 74.3 cm³/mol. The van der Waals surface area contributed by atoms with Gasteiger partial charge in [-0.15, -0.1) is 0 Å². The van der Waals surface area contributed by atoms with Gasteiger partial charge >= 0.3 is 0 Å². The maximum atomic E-state index is 8.64. The summed E-state index contributed by atoms with van der Waals surface area (Å²) in [6, 6.07) is 8.61. The van der Waals surface area contributed by atoms with Gasteiger partial charge in [-0.05, 0) is 47.5 Å². The fourth-order valence-electron chi connectivity index (χ4n) is 1.64. The quantitative estimate of drug-likeness (QED) is 0.849. The first kappa shape index (κ1) is 14.0. The topological polar surface area (TPSA) is 53.0 Å². The highest BCUT2D eigenvalue weighted by molar-refractivity contribution is 9.10. The Morgan fingerprint density at radius 2 is 2.18 bits per heavy atom. The third kappa shape index (κ3) is 4.37. The van der Waals surface area contributed by atoms with E-state index in [4.69, 9.17) is 11.0 Å². The number of anilines is 1. The van der Waals surface area contributed by atoms with Crippen LogP contribution in [-0.2, 0) is 6.54 Å². The van der Waals surface area contributed by atoms with Crippen LogP contribution < -0.4 is 5.73 Å². The summed E-state index contributed by atoms with van der Waals surface area (Å²) in [6.07, 6.45) is 0.560. The number of nitrogens with zero attached hydrogens (tertiary/aromatic N) is 2. The third-order valence-electron chi connectivity index (χ3n) is 2.69. The van der Waals surface area contributed by atoms with Crippen molar-refractivity contribution in [2.45, 2.75) is 32.9 Å². The van der Waals surface area contributed by atoms with Crippen molar-refractivity contribution >= 4 is 21.6 Å². The van der Waals surface area contributed by atoms with E-state index in [-0.39, 0.29) is 0 Å². The van der Waals surface area contributed by atoms with E-state index in [1.165, 1.54) is 5.56 Å². The van der Waals surface area contributed by atoms with Gasteiger partial charge in [-0.1, -0.05) is 6.07 Å². The Bertz CT molecular complexity index is 410. The zero-order valence-corrected chi connectivity index (χ0v) is 11.9. The van der Waals surface area contributed by atoms with E-state index < -0.39 is 0 Å². The van der Waals surface area contributed by atoms with Gasteiger partial charge in [-0.2, -0.15) is 5.26 Å². The molecule has 0 fully saturated rings. The van der Waals surface area contributed by atoms with Crippen LogP contribution in [0.1, 0.15) is 25.8 Å². The number of nitrogens with two attached hydrogens (primary N) is 1. The van der Waals surface area contributed by atoms with Crippen molar-refractivity contribution in [3.8, 4) is 6.07 Å². The first-order valence-corrected chi connectivity index (χ1v) is 6.48. The lowest BCUT2D eigenvalue weighted by Gasteiger charge is -2.25. The van der Waals surface area contributed by atoms with E-state index in [1.54, 1.807) is 0 Å². The zero-order valence-electron chi connectivity index (χ0n) is 10.3. The highest BCUT2D eigenvalue weighted by atomic mass is 79.9. The summed E-state index contributed by atoms with van der Waals surface area (Å²) >= 11 is 3.38. The first-order chi connectivity index (χ1) is 8.04. The fourth-order valence-corrected chi connectivity index (χ4v) is 1.89. The summed E-state index contributed by atoms with van der Waals surface area (Å²) in [5.41, 5.74) is 7.79. The number of nitrogen functional groups attached to an aromatic ring is 1. The summed E-state index contributed by atoms with van der Waals surface area (Å²) in [5.74, 6) is 0. The van der Waals surface area contributed by atoms with Crippen LogP contribution in [0, 0.1) is 11.3 Å².